The summed E-state index contributed by atoms with van der Waals surface area (Å²) in [6.07, 6.45) is 13.5. The number of ether oxygens (including phenoxy) is 2. The van der Waals surface area contributed by atoms with Crippen molar-refractivity contribution >= 4 is 23.9 Å². The molecule has 22 heavy (non-hydrogen) atoms. The molecule has 1 saturated heterocycles. The van der Waals surface area contributed by atoms with Gasteiger partial charge in [0.05, 0.1) is 0 Å². The predicted molar refractivity (Wildman–Crippen MR) is 99.1 cm³/mol. The Labute approximate surface area is 156 Å². The van der Waals surface area contributed by atoms with Crippen LogP contribution in [0.3, 0.4) is 0 Å². The maximum atomic E-state index is 5.13. The van der Waals surface area contributed by atoms with Crippen LogP contribution in [0.4, 0.5) is 0 Å². The van der Waals surface area contributed by atoms with Crippen LogP contribution in [-0.4, -0.2) is 36.8 Å². The molecule has 1 aliphatic heterocycles. The Bertz CT molecular complexity index is 276. The first kappa shape index (κ1) is 26.7. The smallest absolute Gasteiger partial charge is 0.190 e. The third-order valence-corrected chi connectivity index (χ3v) is 2.85. The molecule has 0 N–H and O–H groups in total. The average Bonchev–Trinajstić information content (AvgIpc) is 3.04. The molecule has 128 valence electrons. The fourth-order valence-electron chi connectivity index (χ4n) is 0.886. The zero-order valence-electron chi connectivity index (χ0n) is 15.6. The average molecular weight is 415 g/mol. The first-order valence-corrected chi connectivity index (χ1v) is 8.58. The van der Waals surface area contributed by atoms with E-state index in [1.54, 1.807) is 0 Å². The summed E-state index contributed by atoms with van der Waals surface area (Å²) in [6, 6.07) is 0. The first-order valence-electron chi connectivity index (χ1n) is 8.58. The Kier molecular flexibility index (Phi) is 28.0. The summed E-state index contributed by atoms with van der Waals surface area (Å²) < 4.78 is 10.2. The molecule has 0 aromatic rings. The largest absolute Gasteiger partial charge is 0.469 e. The van der Waals surface area contributed by atoms with Crippen LogP contribution < -0.4 is 0 Å². The molecule has 1 aliphatic carbocycles. The molecule has 0 spiro atoms. The third kappa shape index (κ3) is 17.9. The van der Waals surface area contributed by atoms with Crippen molar-refractivity contribution in [2.24, 2.45) is 0 Å². The van der Waals surface area contributed by atoms with Crippen molar-refractivity contribution in [1.29, 1.82) is 0 Å². The topological polar surface area (TPSA) is 18.5 Å². The van der Waals surface area contributed by atoms with Gasteiger partial charge in [0.25, 0.3) is 0 Å². The molecule has 2 nitrogen and oxygen atoms in total. The van der Waals surface area contributed by atoms with E-state index in [2.05, 4.69) is 47.3 Å². The number of hydrogen-bond donors (Lipinski definition) is 0. The van der Waals surface area contributed by atoms with Crippen LogP contribution in [0.1, 0.15) is 80.1 Å². The molecule has 1 heterocycles. The van der Waals surface area contributed by atoms with E-state index in [1.807, 2.05) is 18.2 Å². The van der Waals surface area contributed by atoms with Crippen molar-refractivity contribution in [2.45, 2.75) is 86.2 Å². The van der Waals surface area contributed by atoms with E-state index in [0.717, 1.165) is 5.76 Å². The standard InChI is InChI=1S/C7H6O2.3C4H10.Sn/c1-2-4-7-6(3-1)8-5-9-7;3*1-3-4-2;/h1,3-4,7H,5H2;3*3-4H2,1-2H3;. The molecule has 0 saturated carbocycles. The summed E-state index contributed by atoms with van der Waals surface area (Å²) in [4.78, 5) is 0. The summed E-state index contributed by atoms with van der Waals surface area (Å²) in [5, 5.41) is 0. The molecule has 3 heteroatoms. The van der Waals surface area contributed by atoms with E-state index >= 15 is 0 Å². The molecule has 4 radical (unpaired) electrons. The minimum absolute atomic E-state index is 0. The van der Waals surface area contributed by atoms with Gasteiger partial charge in [-0.2, -0.15) is 0 Å². The molecular formula is C19H36O2Sn. The van der Waals surface area contributed by atoms with Gasteiger partial charge in [0.15, 0.2) is 6.79 Å². The minimum atomic E-state index is 0. The zero-order chi connectivity index (χ0) is 16.3. The maximum Gasteiger partial charge on any atom is 0.190 e. The van der Waals surface area contributed by atoms with E-state index in [-0.39, 0.29) is 30.0 Å². The van der Waals surface area contributed by atoms with Gasteiger partial charge in [0, 0.05) is 23.9 Å². The Morgan fingerprint density at radius 2 is 1.36 bits per heavy atom. The van der Waals surface area contributed by atoms with Crippen LogP contribution in [-0.2, 0) is 9.47 Å². The second-order valence-electron chi connectivity index (χ2n) is 4.92. The fourth-order valence-corrected chi connectivity index (χ4v) is 0.886. The Morgan fingerprint density at radius 1 is 0.909 bits per heavy atom. The number of fused-ring (bicyclic) bond motifs is 1. The molecule has 0 aromatic heterocycles. The van der Waals surface area contributed by atoms with Crippen LogP contribution in [0.15, 0.2) is 29.7 Å². The maximum absolute atomic E-state index is 5.13. The summed E-state index contributed by atoms with van der Waals surface area (Å²) in [7, 11) is 0. The van der Waals surface area contributed by atoms with E-state index in [4.69, 9.17) is 9.47 Å². The van der Waals surface area contributed by atoms with Crippen molar-refractivity contribution in [2.75, 3.05) is 6.79 Å². The van der Waals surface area contributed by atoms with Crippen LogP contribution in [0.5, 0.6) is 0 Å². The van der Waals surface area contributed by atoms with Gasteiger partial charge in [0.2, 0.25) is 0 Å². The van der Waals surface area contributed by atoms with Crippen LogP contribution in [0.2, 0.25) is 0 Å². The Morgan fingerprint density at radius 3 is 1.73 bits per heavy atom. The number of hydrogen-bond acceptors (Lipinski definition) is 2. The van der Waals surface area contributed by atoms with Crippen molar-refractivity contribution < 1.29 is 9.47 Å². The quantitative estimate of drug-likeness (QED) is 0.416. The van der Waals surface area contributed by atoms with Crippen LogP contribution in [0, 0.1) is 0 Å². The summed E-state index contributed by atoms with van der Waals surface area (Å²) >= 11 is 0. The molecule has 1 fully saturated rings. The molecule has 2 aliphatic rings. The summed E-state index contributed by atoms with van der Waals surface area (Å²) in [6.45, 7) is 13.5. The molecular weight excluding hydrogens is 379 g/mol. The van der Waals surface area contributed by atoms with Gasteiger partial charge >= 0.3 is 0 Å². The molecule has 0 aromatic carbocycles. The third-order valence-electron chi connectivity index (χ3n) is 2.85. The van der Waals surface area contributed by atoms with Crippen molar-refractivity contribution in [1.82, 2.24) is 0 Å². The van der Waals surface area contributed by atoms with Crippen molar-refractivity contribution in [3.63, 3.8) is 0 Å². The van der Waals surface area contributed by atoms with Crippen LogP contribution >= 0.6 is 0 Å². The fraction of sp³-hybridized carbons (Fsp3) is 0.737. The number of unbranched alkanes of at least 4 members (excludes halogenated alkanes) is 3. The molecule has 1 atom stereocenters. The van der Waals surface area contributed by atoms with E-state index in [1.165, 1.54) is 38.5 Å². The van der Waals surface area contributed by atoms with Gasteiger partial charge in [-0.3, -0.25) is 0 Å². The predicted octanol–water partition coefficient (Wildman–Crippen LogP) is 6.01. The Hall–Kier alpha value is -0.181. The van der Waals surface area contributed by atoms with Gasteiger partial charge in [-0.05, 0) is 18.2 Å². The zero-order valence-corrected chi connectivity index (χ0v) is 18.4. The number of rotatable bonds is 3. The molecule has 0 bridgehead atoms. The summed E-state index contributed by atoms with van der Waals surface area (Å²) in [5.74, 6) is 0.897. The summed E-state index contributed by atoms with van der Waals surface area (Å²) in [5.41, 5.74) is 2.92. The minimum Gasteiger partial charge on any atom is -0.469 e. The first-order chi connectivity index (χ1) is 10.2. The molecule has 1 unspecified atom stereocenters. The Balaban J connectivity index is -0.000000241. The second-order valence-corrected chi connectivity index (χ2v) is 4.92. The van der Waals surface area contributed by atoms with Crippen LogP contribution in [0.25, 0.3) is 0 Å². The van der Waals surface area contributed by atoms with Gasteiger partial charge in [-0.15, -0.1) is 5.73 Å². The van der Waals surface area contributed by atoms with E-state index < -0.39 is 0 Å². The van der Waals surface area contributed by atoms with E-state index in [9.17, 15) is 0 Å². The van der Waals surface area contributed by atoms with Gasteiger partial charge in [-0.25, -0.2) is 0 Å². The normalized spacial score (nSPS) is 16.1. The number of allylic oxidation sites excluding steroid dienone is 1. The van der Waals surface area contributed by atoms with E-state index in [0.29, 0.717) is 6.79 Å². The second kappa shape index (κ2) is 23.1. The SMILES string of the molecule is C1=CC=C2OCOC2C=1.CCCC.CCCC.CCCC.[Sn]. The molecule has 2 rings (SSSR count). The van der Waals surface area contributed by atoms with Crippen molar-refractivity contribution in [3.8, 4) is 0 Å². The van der Waals surface area contributed by atoms with Crippen molar-refractivity contribution in [3.05, 3.63) is 29.7 Å². The van der Waals surface area contributed by atoms with Gasteiger partial charge < -0.3 is 9.47 Å². The van der Waals surface area contributed by atoms with Gasteiger partial charge in [-0.1, -0.05) is 80.1 Å². The molecule has 0 amide bonds. The van der Waals surface area contributed by atoms with Gasteiger partial charge in [0.1, 0.15) is 11.9 Å². The monoisotopic (exact) mass is 416 g/mol.